The Bertz CT molecular complexity index is 438. The summed E-state index contributed by atoms with van der Waals surface area (Å²) < 4.78 is 8.88. The third-order valence-corrected chi connectivity index (χ3v) is 1.52. The zero-order valence-corrected chi connectivity index (χ0v) is 12.8. The van der Waals surface area contributed by atoms with Crippen molar-refractivity contribution in [2.24, 2.45) is 11.5 Å². The second-order valence-corrected chi connectivity index (χ2v) is 4.42. The third-order valence-electron chi connectivity index (χ3n) is 1.52. The van der Waals surface area contributed by atoms with Crippen LogP contribution < -0.4 is 11.5 Å². The Labute approximate surface area is 128 Å². The summed E-state index contributed by atoms with van der Waals surface area (Å²) >= 11 is 0. The minimum atomic E-state index is -4.64. The van der Waals surface area contributed by atoms with Gasteiger partial charge in [0.1, 0.15) is 0 Å². The molecule has 0 aliphatic carbocycles. The van der Waals surface area contributed by atoms with E-state index in [9.17, 15) is 0 Å². The minimum absolute atomic E-state index is 0.140. The van der Waals surface area contributed by atoms with Crippen LogP contribution in [-0.4, -0.2) is 48.3 Å². The minimum Gasteiger partial charge on any atom is -0.392 e. The Morgan fingerprint density at radius 3 is 1.59 bits per heavy atom. The molecule has 0 amide bonds. The molecule has 10 nitrogen and oxygen atoms in total. The third kappa shape index (κ3) is 26.8. The topological polar surface area (TPSA) is 192 Å². The maximum Gasteiger partial charge on any atom is 0.466 e. The first-order valence-corrected chi connectivity index (χ1v) is 7.54. The molecule has 2 rings (SSSR count). The summed E-state index contributed by atoms with van der Waals surface area (Å²) in [4.78, 5) is 21.6. The van der Waals surface area contributed by atoms with Gasteiger partial charge in [-0.3, -0.25) is 0 Å². The van der Waals surface area contributed by atoms with Crippen molar-refractivity contribution in [3.63, 3.8) is 0 Å². The summed E-state index contributed by atoms with van der Waals surface area (Å²) in [6.07, 6.45) is 3.17. The van der Waals surface area contributed by atoms with Gasteiger partial charge in [-0.05, 0) is 5.56 Å². The number of nitrogens with one attached hydrogen (secondary N) is 1. The molecule has 0 atom stereocenters. The van der Waals surface area contributed by atoms with Gasteiger partial charge in [0.15, 0.2) is 0 Å². The van der Waals surface area contributed by atoms with Gasteiger partial charge in [-0.25, -0.2) is 4.57 Å². The van der Waals surface area contributed by atoms with Gasteiger partial charge in [0.05, 0.1) is 19.0 Å². The fraction of sp³-hybridized carbons (Fsp3) is 0.273. The Kier molecular flexibility index (Phi) is 16.2. The van der Waals surface area contributed by atoms with E-state index in [1.807, 2.05) is 30.3 Å². The Morgan fingerprint density at radius 1 is 1.00 bits per heavy atom. The summed E-state index contributed by atoms with van der Waals surface area (Å²) in [6, 6.07) is 9.52. The highest BCUT2D eigenvalue weighted by Crippen LogP contribution is 2.25. The van der Waals surface area contributed by atoms with Gasteiger partial charge in [0.25, 0.3) is 0 Å². The van der Waals surface area contributed by atoms with E-state index < -0.39 is 7.82 Å². The predicted octanol–water partition coefficient (Wildman–Crippen LogP) is -1.04. The van der Waals surface area contributed by atoms with Crippen molar-refractivity contribution in [3.8, 4) is 0 Å². The molecule has 0 spiro atoms. The number of aromatic amines is 1. The lowest BCUT2D eigenvalue weighted by Crippen LogP contribution is -2.11. The largest absolute Gasteiger partial charge is 0.466 e. The molecule has 1 aromatic carbocycles. The van der Waals surface area contributed by atoms with E-state index >= 15 is 0 Å². The normalized spacial score (nSPS) is 9.18. The monoisotopic (exact) mass is 335 g/mol. The van der Waals surface area contributed by atoms with Crippen LogP contribution in [0.1, 0.15) is 5.56 Å². The summed E-state index contributed by atoms with van der Waals surface area (Å²) in [6.45, 7) is 1.33. The van der Waals surface area contributed by atoms with Crippen molar-refractivity contribution >= 4 is 7.82 Å². The fourth-order valence-corrected chi connectivity index (χ4v) is 0.750. The van der Waals surface area contributed by atoms with Crippen molar-refractivity contribution in [1.29, 1.82) is 0 Å². The molecule has 0 unspecified atom stereocenters. The number of phosphoric acid groups is 1. The molecule has 0 fully saturated rings. The van der Waals surface area contributed by atoms with Gasteiger partial charge >= 0.3 is 7.82 Å². The van der Waals surface area contributed by atoms with E-state index in [0.717, 1.165) is 5.56 Å². The quantitative estimate of drug-likeness (QED) is 0.336. The van der Waals surface area contributed by atoms with Crippen LogP contribution in [0.4, 0.5) is 0 Å². The first-order chi connectivity index (χ1) is 10.3. The van der Waals surface area contributed by atoms with E-state index in [1.54, 1.807) is 12.4 Å². The van der Waals surface area contributed by atoms with Gasteiger partial charge in [-0.15, -0.1) is 0 Å². The average Bonchev–Trinajstić information content (AvgIpc) is 3.06. The van der Waals surface area contributed by atoms with Crippen LogP contribution in [0.5, 0.6) is 0 Å². The maximum absolute atomic E-state index is 8.88. The van der Waals surface area contributed by atoms with Gasteiger partial charge in [0.2, 0.25) is 0 Å². The molecule has 0 aliphatic rings. The van der Waals surface area contributed by atoms with Gasteiger partial charge < -0.3 is 31.3 Å². The van der Waals surface area contributed by atoms with Crippen LogP contribution in [0, 0.1) is 0 Å². The molecular weight excluding hydrogens is 313 g/mol. The fourth-order valence-electron chi connectivity index (χ4n) is 0.750. The molecule has 0 radical (unpaired) electrons. The van der Waals surface area contributed by atoms with Crippen LogP contribution in [0.3, 0.4) is 0 Å². The van der Waals surface area contributed by atoms with Crippen molar-refractivity contribution in [1.82, 2.24) is 15.4 Å². The van der Waals surface area contributed by atoms with E-state index in [-0.39, 0.29) is 6.61 Å². The molecule has 0 aliphatic heterocycles. The van der Waals surface area contributed by atoms with Crippen molar-refractivity contribution < 1.29 is 24.4 Å². The zero-order chi connectivity index (χ0) is 17.3. The van der Waals surface area contributed by atoms with E-state index in [1.165, 1.54) is 0 Å². The number of aromatic nitrogens is 3. The van der Waals surface area contributed by atoms with Gasteiger partial charge in [-0.1, -0.05) is 30.3 Å². The SMILES string of the molecule is NCCN.O=P(O)(O)O.OCc1ccccc1.c1cn[nH]n1. The van der Waals surface area contributed by atoms with Gasteiger partial charge in [0, 0.05) is 13.1 Å². The van der Waals surface area contributed by atoms with Crippen molar-refractivity contribution in [2.45, 2.75) is 6.61 Å². The molecule has 126 valence electrons. The van der Waals surface area contributed by atoms with Crippen molar-refractivity contribution in [2.75, 3.05) is 13.1 Å². The lowest BCUT2D eigenvalue weighted by molar-refractivity contribution is 0.275. The number of nitrogens with two attached hydrogens (primary N) is 2. The number of aliphatic hydroxyl groups is 1. The Morgan fingerprint density at radius 2 is 1.41 bits per heavy atom. The summed E-state index contributed by atoms with van der Waals surface area (Å²) in [7, 11) is -4.64. The first-order valence-electron chi connectivity index (χ1n) is 5.98. The number of benzene rings is 1. The highest BCUT2D eigenvalue weighted by Gasteiger charge is 2.00. The molecule has 11 heteroatoms. The molecule has 0 saturated heterocycles. The van der Waals surface area contributed by atoms with E-state index in [2.05, 4.69) is 15.4 Å². The average molecular weight is 335 g/mol. The van der Waals surface area contributed by atoms with Crippen LogP contribution in [0.25, 0.3) is 0 Å². The van der Waals surface area contributed by atoms with Crippen molar-refractivity contribution in [3.05, 3.63) is 48.3 Å². The molecular formula is C11H22N5O5P. The Balaban J connectivity index is 0. The molecule has 2 aromatic rings. The summed E-state index contributed by atoms with van der Waals surface area (Å²) in [5.74, 6) is 0. The van der Waals surface area contributed by atoms with Crippen LogP contribution in [-0.2, 0) is 11.2 Å². The lowest BCUT2D eigenvalue weighted by atomic mass is 10.2. The van der Waals surface area contributed by atoms with Gasteiger partial charge in [-0.2, -0.15) is 15.4 Å². The second-order valence-electron chi connectivity index (χ2n) is 3.39. The zero-order valence-electron chi connectivity index (χ0n) is 11.9. The molecule has 0 saturated carbocycles. The summed E-state index contributed by atoms with van der Waals surface area (Å²) in [5.41, 5.74) is 10.8. The standard InChI is InChI=1S/C7H8O.C2H3N3.C2H8N2.H3O4P/c8-6-7-4-2-1-3-5-7;1-2-4-5-3-1;3-1-2-4;1-5(2,3)4/h1-5,8H,6H2;1-2H,(H,3,4,5);1-4H2;(H3,1,2,3,4). The number of aliphatic hydroxyl groups excluding tert-OH is 1. The van der Waals surface area contributed by atoms with Crippen LogP contribution in [0.15, 0.2) is 42.7 Å². The number of hydrogen-bond donors (Lipinski definition) is 7. The molecule has 22 heavy (non-hydrogen) atoms. The number of nitrogens with zero attached hydrogens (tertiary/aromatic N) is 2. The predicted molar refractivity (Wildman–Crippen MR) is 81.1 cm³/mol. The number of H-pyrrole nitrogens is 1. The molecule has 0 bridgehead atoms. The van der Waals surface area contributed by atoms with Crippen LogP contribution in [0.2, 0.25) is 0 Å². The Hall–Kier alpha value is -1.65. The number of hydrogen-bond acceptors (Lipinski definition) is 6. The van der Waals surface area contributed by atoms with E-state index in [0.29, 0.717) is 13.1 Å². The molecule has 1 heterocycles. The summed E-state index contributed by atoms with van der Waals surface area (Å²) in [5, 5.41) is 17.9. The maximum atomic E-state index is 8.88. The smallest absolute Gasteiger partial charge is 0.392 e. The first kappa shape index (κ1) is 22.6. The molecule has 1 aromatic heterocycles. The number of rotatable bonds is 2. The highest BCUT2D eigenvalue weighted by molar-refractivity contribution is 7.45. The van der Waals surface area contributed by atoms with Crippen LogP contribution >= 0.6 is 7.82 Å². The second kappa shape index (κ2) is 15.7. The highest BCUT2D eigenvalue weighted by atomic mass is 31.2. The molecule has 9 N–H and O–H groups in total. The lowest BCUT2D eigenvalue weighted by Gasteiger charge is -1.89. The van der Waals surface area contributed by atoms with E-state index in [4.69, 9.17) is 35.8 Å².